The van der Waals surface area contributed by atoms with Crippen LogP contribution in [0.15, 0.2) is 29.3 Å². The van der Waals surface area contributed by atoms with Crippen molar-refractivity contribution in [3.05, 3.63) is 35.4 Å². The lowest BCUT2D eigenvalue weighted by Gasteiger charge is -2.04. The Labute approximate surface area is 104 Å². The van der Waals surface area contributed by atoms with Gasteiger partial charge in [-0.2, -0.15) is 0 Å². The molecule has 0 radical (unpaired) electrons. The fourth-order valence-corrected chi connectivity index (χ4v) is 1.62. The van der Waals surface area contributed by atoms with Crippen LogP contribution in [0, 0.1) is 0 Å². The SMILES string of the molecule is CCOC(=O)C(=O)c1cccc(C2=NCCO2)c1. The lowest BCUT2D eigenvalue weighted by Crippen LogP contribution is -2.18. The van der Waals surface area contributed by atoms with Crippen molar-refractivity contribution in [2.45, 2.75) is 6.92 Å². The third-order valence-electron chi connectivity index (χ3n) is 2.42. The van der Waals surface area contributed by atoms with Gasteiger partial charge in [-0.3, -0.25) is 4.79 Å². The van der Waals surface area contributed by atoms with Crippen molar-refractivity contribution in [2.24, 2.45) is 4.99 Å². The van der Waals surface area contributed by atoms with E-state index in [0.29, 0.717) is 24.6 Å². The van der Waals surface area contributed by atoms with E-state index < -0.39 is 11.8 Å². The molecule has 5 nitrogen and oxygen atoms in total. The molecule has 1 aromatic carbocycles. The molecular formula is C13H13NO4. The van der Waals surface area contributed by atoms with Gasteiger partial charge in [0.15, 0.2) is 0 Å². The number of nitrogens with zero attached hydrogens (tertiary/aromatic N) is 1. The molecule has 0 unspecified atom stereocenters. The molecule has 94 valence electrons. The summed E-state index contributed by atoms with van der Waals surface area (Å²) in [6, 6.07) is 6.62. The molecule has 0 N–H and O–H groups in total. The van der Waals surface area contributed by atoms with Gasteiger partial charge >= 0.3 is 5.97 Å². The van der Waals surface area contributed by atoms with Crippen LogP contribution in [0.4, 0.5) is 0 Å². The molecule has 18 heavy (non-hydrogen) atoms. The molecule has 5 heteroatoms. The second kappa shape index (κ2) is 5.44. The van der Waals surface area contributed by atoms with E-state index in [1.54, 1.807) is 31.2 Å². The normalized spacial score (nSPS) is 13.7. The predicted octanol–water partition coefficient (Wildman–Crippen LogP) is 1.21. The van der Waals surface area contributed by atoms with Crippen molar-refractivity contribution < 1.29 is 19.1 Å². The third-order valence-corrected chi connectivity index (χ3v) is 2.42. The first-order chi connectivity index (χ1) is 8.72. The van der Waals surface area contributed by atoms with Crippen molar-refractivity contribution >= 4 is 17.7 Å². The van der Waals surface area contributed by atoms with Gasteiger partial charge in [-0.05, 0) is 19.1 Å². The molecule has 2 rings (SSSR count). The minimum Gasteiger partial charge on any atom is -0.476 e. The van der Waals surface area contributed by atoms with Crippen LogP contribution >= 0.6 is 0 Å². The van der Waals surface area contributed by atoms with Crippen molar-refractivity contribution in [1.82, 2.24) is 0 Å². The molecule has 1 aliphatic heterocycles. The number of Topliss-reactive ketones (excluding diaryl/α,β-unsaturated/α-hetero) is 1. The zero-order valence-corrected chi connectivity index (χ0v) is 10.0. The Bertz CT molecular complexity index is 507. The quantitative estimate of drug-likeness (QED) is 0.455. The van der Waals surface area contributed by atoms with E-state index in [1.165, 1.54) is 0 Å². The first-order valence-electron chi connectivity index (χ1n) is 5.71. The summed E-state index contributed by atoms with van der Waals surface area (Å²) in [5.74, 6) is -0.991. The molecule has 0 aromatic heterocycles. The van der Waals surface area contributed by atoms with E-state index >= 15 is 0 Å². The van der Waals surface area contributed by atoms with Crippen molar-refractivity contribution in [1.29, 1.82) is 0 Å². The van der Waals surface area contributed by atoms with Gasteiger partial charge < -0.3 is 9.47 Å². The summed E-state index contributed by atoms with van der Waals surface area (Å²) in [5.41, 5.74) is 0.979. The molecule has 1 heterocycles. The van der Waals surface area contributed by atoms with Crippen molar-refractivity contribution in [3.63, 3.8) is 0 Å². The van der Waals surface area contributed by atoms with E-state index in [0.717, 1.165) is 0 Å². The first-order valence-corrected chi connectivity index (χ1v) is 5.71. The molecule has 1 aliphatic rings. The maximum absolute atomic E-state index is 11.7. The molecule has 0 amide bonds. The van der Waals surface area contributed by atoms with Crippen LogP contribution in [0.2, 0.25) is 0 Å². The predicted molar refractivity (Wildman–Crippen MR) is 64.8 cm³/mol. The highest BCUT2D eigenvalue weighted by Gasteiger charge is 2.19. The van der Waals surface area contributed by atoms with Crippen LogP contribution in [-0.4, -0.2) is 37.4 Å². The molecule has 0 saturated heterocycles. The third kappa shape index (κ3) is 2.56. The smallest absolute Gasteiger partial charge is 0.379 e. The summed E-state index contributed by atoms with van der Waals surface area (Å²) in [7, 11) is 0. The zero-order valence-electron chi connectivity index (χ0n) is 10.0. The number of hydrogen-bond donors (Lipinski definition) is 0. The van der Waals surface area contributed by atoms with Crippen LogP contribution in [-0.2, 0) is 14.3 Å². The molecule has 0 fully saturated rings. The molecule has 0 spiro atoms. The van der Waals surface area contributed by atoms with E-state index in [9.17, 15) is 9.59 Å². The van der Waals surface area contributed by atoms with Crippen LogP contribution < -0.4 is 0 Å². The molecule has 0 saturated carbocycles. The average Bonchev–Trinajstić information content (AvgIpc) is 2.92. The fourth-order valence-electron chi connectivity index (χ4n) is 1.62. The summed E-state index contributed by atoms with van der Waals surface area (Å²) < 4.78 is 9.98. The number of carbonyl (C=O) groups excluding carboxylic acids is 2. The largest absolute Gasteiger partial charge is 0.476 e. The van der Waals surface area contributed by atoms with Crippen LogP contribution in [0.1, 0.15) is 22.8 Å². The number of esters is 1. The summed E-state index contributed by atoms with van der Waals surface area (Å²) in [6.07, 6.45) is 0. The number of ether oxygens (including phenoxy) is 2. The number of hydrogen-bond acceptors (Lipinski definition) is 5. The number of benzene rings is 1. The fraction of sp³-hybridized carbons (Fsp3) is 0.308. The van der Waals surface area contributed by atoms with Crippen LogP contribution in [0.5, 0.6) is 0 Å². The Morgan fingerprint density at radius 3 is 2.94 bits per heavy atom. The van der Waals surface area contributed by atoms with Crippen LogP contribution in [0.3, 0.4) is 0 Å². The second-order valence-corrected chi connectivity index (χ2v) is 3.67. The van der Waals surface area contributed by atoms with Crippen LogP contribution in [0.25, 0.3) is 0 Å². The number of rotatable bonds is 4. The van der Waals surface area contributed by atoms with Gasteiger partial charge in [0.25, 0.3) is 5.78 Å². The highest BCUT2D eigenvalue weighted by atomic mass is 16.5. The topological polar surface area (TPSA) is 65.0 Å². The number of aliphatic imine (C=N–C) groups is 1. The Hall–Kier alpha value is -2.17. The number of ketones is 1. The zero-order chi connectivity index (χ0) is 13.0. The van der Waals surface area contributed by atoms with E-state index in [1.807, 2.05) is 0 Å². The van der Waals surface area contributed by atoms with Gasteiger partial charge in [0.2, 0.25) is 5.90 Å². The Balaban J connectivity index is 2.21. The van der Waals surface area contributed by atoms with E-state index in [4.69, 9.17) is 4.74 Å². The summed E-state index contributed by atoms with van der Waals surface area (Å²) in [6.45, 7) is 3.00. The highest BCUT2D eigenvalue weighted by molar-refractivity contribution is 6.40. The highest BCUT2D eigenvalue weighted by Crippen LogP contribution is 2.11. The van der Waals surface area contributed by atoms with Gasteiger partial charge in [0.1, 0.15) is 6.61 Å². The lowest BCUT2D eigenvalue weighted by molar-refractivity contribution is -0.137. The maximum atomic E-state index is 11.7. The second-order valence-electron chi connectivity index (χ2n) is 3.67. The van der Waals surface area contributed by atoms with Gasteiger partial charge in [-0.15, -0.1) is 0 Å². The summed E-state index contributed by atoms with van der Waals surface area (Å²) >= 11 is 0. The monoisotopic (exact) mass is 247 g/mol. The molecular weight excluding hydrogens is 234 g/mol. The Kier molecular flexibility index (Phi) is 3.72. The minimum absolute atomic E-state index is 0.181. The minimum atomic E-state index is -0.844. The van der Waals surface area contributed by atoms with Crippen molar-refractivity contribution in [3.8, 4) is 0 Å². The standard InChI is InChI=1S/C13H13NO4/c1-2-17-13(16)11(15)9-4-3-5-10(8-9)12-14-6-7-18-12/h3-5,8H,2,6-7H2,1H3. The van der Waals surface area contributed by atoms with E-state index in [-0.39, 0.29) is 12.2 Å². The van der Waals surface area contributed by atoms with Gasteiger partial charge in [-0.25, -0.2) is 9.79 Å². The number of carbonyl (C=O) groups is 2. The Morgan fingerprint density at radius 2 is 2.28 bits per heavy atom. The maximum Gasteiger partial charge on any atom is 0.379 e. The van der Waals surface area contributed by atoms with Gasteiger partial charge in [0, 0.05) is 11.1 Å². The summed E-state index contributed by atoms with van der Waals surface area (Å²) in [4.78, 5) is 27.2. The van der Waals surface area contributed by atoms with Crippen molar-refractivity contribution in [2.75, 3.05) is 19.8 Å². The molecule has 1 aromatic rings. The Morgan fingerprint density at radius 1 is 1.44 bits per heavy atom. The summed E-state index contributed by atoms with van der Waals surface area (Å²) in [5, 5.41) is 0. The van der Waals surface area contributed by atoms with Gasteiger partial charge in [-0.1, -0.05) is 12.1 Å². The van der Waals surface area contributed by atoms with Gasteiger partial charge in [0.05, 0.1) is 13.2 Å². The van der Waals surface area contributed by atoms with E-state index in [2.05, 4.69) is 9.73 Å². The average molecular weight is 247 g/mol. The first kappa shape index (κ1) is 12.3. The molecule has 0 atom stereocenters. The molecule has 0 bridgehead atoms. The molecule has 0 aliphatic carbocycles. The lowest BCUT2D eigenvalue weighted by atomic mass is 10.1.